The van der Waals surface area contributed by atoms with Gasteiger partial charge in [-0.2, -0.15) is 5.10 Å². The maximum Gasteiger partial charge on any atom is 0.318 e. The van der Waals surface area contributed by atoms with Gasteiger partial charge in [0, 0.05) is 19.5 Å². The molecule has 8 heteroatoms. The Labute approximate surface area is 109 Å². The summed E-state index contributed by atoms with van der Waals surface area (Å²) in [6.07, 6.45) is 4.44. The SMILES string of the molecule is CCn1cc([N+](=O)[O-])c(-c2nnc3n2CCCC3)n1. The van der Waals surface area contributed by atoms with Crippen molar-refractivity contribution in [3.63, 3.8) is 0 Å². The molecule has 0 bridgehead atoms. The van der Waals surface area contributed by atoms with Crippen LogP contribution in [0, 0.1) is 10.1 Å². The summed E-state index contributed by atoms with van der Waals surface area (Å²) in [5.74, 6) is 1.40. The van der Waals surface area contributed by atoms with Gasteiger partial charge in [0.05, 0.1) is 4.92 Å². The van der Waals surface area contributed by atoms with Crippen molar-refractivity contribution in [2.75, 3.05) is 0 Å². The van der Waals surface area contributed by atoms with E-state index in [1.807, 2.05) is 11.5 Å². The van der Waals surface area contributed by atoms with E-state index in [-0.39, 0.29) is 5.69 Å². The quantitative estimate of drug-likeness (QED) is 0.616. The van der Waals surface area contributed by atoms with Crippen molar-refractivity contribution >= 4 is 5.69 Å². The Bertz CT molecular complexity index is 629. The minimum absolute atomic E-state index is 0.0115. The first-order chi connectivity index (χ1) is 9.20. The highest BCUT2D eigenvalue weighted by Crippen LogP contribution is 2.29. The summed E-state index contributed by atoms with van der Waals surface area (Å²) in [5, 5.41) is 23.6. The van der Waals surface area contributed by atoms with Crippen LogP contribution >= 0.6 is 0 Å². The fourth-order valence-electron chi connectivity index (χ4n) is 2.35. The lowest BCUT2D eigenvalue weighted by Crippen LogP contribution is -2.12. The van der Waals surface area contributed by atoms with Gasteiger partial charge in [-0.15, -0.1) is 10.2 Å². The van der Waals surface area contributed by atoms with E-state index in [2.05, 4.69) is 15.3 Å². The maximum absolute atomic E-state index is 11.1. The molecule has 100 valence electrons. The van der Waals surface area contributed by atoms with E-state index in [1.54, 1.807) is 4.68 Å². The molecule has 2 aromatic rings. The van der Waals surface area contributed by atoms with Gasteiger partial charge in [-0.1, -0.05) is 0 Å². The third-order valence-corrected chi connectivity index (χ3v) is 3.33. The molecule has 2 aromatic heterocycles. The van der Waals surface area contributed by atoms with E-state index in [0.717, 1.165) is 31.6 Å². The van der Waals surface area contributed by atoms with E-state index in [9.17, 15) is 10.1 Å². The molecular weight excluding hydrogens is 248 g/mol. The van der Waals surface area contributed by atoms with Crippen molar-refractivity contribution in [3.8, 4) is 11.5 Å². The van der Waals surface area contributed by atoms with Crippen molar-refractivity contribution in [3.05, 3.63) is 22.1 Å². The van der Waals surface area contributed by atoms with Gasteiger partial charge in [-0.05, 0) is 19.8 Å². The summed E-state index contributed by atoms with van der Waals surface area (Å²) in [5.41, 5.74) is 0.301. The van der Waals surface area contributed by atoms with Gasteiger partial charge in [-0.3, -0.25) is 14.8 Å². The molecule has 0 atom stereocenters. The molecule has 0 aromatic carbocycles. The normalized spacial score (nSPS) is 14.4. The summed E-state index contributed by atoms with van der Waals surface area (Å²) in [6, 6.07) is 0. The van der Waals surface area contributed by atoms with E-state index < -0.39 is 4.92 Å². The Morgan fingerprint density at radius 3 is 3.00 bits per heavy atom. The Hall–Kier alpha value is -2.25. The number of aryl methyl sites for hydroxylation is 2. The van der Waals surface area contributed by atoms with Crippen molar-refractivity contribution < 1.29 is 4.92 Å². The molecule has 8 nitrogen and oxygen atoms in total. The molecular formula is C11H14N6O2. The van der Waals surface area contributed by atoms with Gasteiger partial charge in [0.2, 0.25) is 5.69 Å². The second-order valence-corrected chi connectivity index (χ2v) is 4.52. The Balaban J connectivity index is 2.13. The Morgan fingerprint density at radius 2 is 2.26 bits per heavy atom. The zero-order valence-corrected chi connectivity index (χ0v) is 10.6. The fraction of sp³-hybridized carbons (Fsp3) is 0.545. The van der Waals surface area contributed by atoms with Gasteiger partial charge >= 0.3 is 5.69 Å². The first kappa shape index (κ1) is 11.8. The maximum atomic E-state index is 11.1. The molecule has 19 heavy (non-hydrogen) atoms. The molecule has 0 N–H and O–H groups in total. The molecule has 3 rings (SSSR count). The lowest BCUT2D eigenvalue weighted by atomic mass is 10.1. The molecule has 1 aliphatic heterocycles. The second-order valence-electron chi connectivity index (χ2n) is 4.52. The highest BCUT2D eigenvalue weighted by Gasteiger charge is 2.27. The molecule has 3 heterocycles. The smallest absolute Gasteiger partial charge is 0.309 e. The third-order valence-electron chi connectivity index (χ3n) is 3.33. The van der Waals surface area contributed by atoms with Crippen LogP contribution in [0.3, 0.4) is 0 Å². The predicted molar refractivity (Wildman–Crippen MR) is 66.5 cm³/mol. The van der Waals surface area contributed by atoms with Crippen molar-refractivity contribution in [1.82, 2.24) is 24.5 Å². The van der Waals surface area contributed by atoms with Crippen LogP contribution in [0.4, 0.5) is 5.69 Å². The molecule has 0 aliphatic carbocycles. The molecule has 0 spiro atoms. The molecule has 0 fully saturated rings. The minimum atomic E-state index is -0.418. The molecule has 0 amide bonds. The summed E-state index contributed by atoms with van der Waals surface area (Å²) in [7, 11) is 0. The average Bonchev–Trinajstić information content (AvgIpc) is 3.02. The monoisotopic (exact) mass is 262 g/mol. The van der Waals surface area contributed by atoms with E-state index in [0.29, 0.717) is 18.1 Å². The van der Waals surface area contributed by atoms with Gasteiger partial charge in [0.15, 0.2) is 5.82 Å². The average molecular weight is 262 g/mol. The van der Waals surface area contributed by atoms with Crippen LogP contribution in [0.5, 0.6) is 0 Å². The van der Waals surface area contributed by atoms with Gasteiger partial charge in [0.25, 0.3) is 0 Å². The molecule has 0 saturated carbocycles. The number of hydrogen-bond donors (Lipinski definition) is 0. The van der Waals surface area contributed by atoms with Crippen LogP contribution in [0.25, 0.3) is 11.5 Å². The highest BCUT2D eigenvalue weighted by molar-refractivity contribution is 5.62. The predicted octanol–water partition coefficient (Wildman–Crippen LogP) is 1.41. The lowest BCUT2D eigenvalue weighted by molar-refractivity contribution is -0.384. The van der Waals surface area contributed by atoms with E-state index in [1.165, 1.54) is 6.20 Å². The van der Waals surface area contributed by atoms with Crippen LogP contribution in [0.1, 0.15) is 25.6 Å². The first-order valence-corrected chi connectivity index (χ1v) is 6.35. The van der Waals surface area contributed by atoms with Crippen LogP contribution in [0.15, 0.2) is 6.20 Å². The Morgan fingerprint density at radius 1 is 1.42 bits per heavy atom. The van der Waals surface area contributed by atoms with Gasteiger partial charge in [0.1, 0.15) is 12.0 Å². The largest absolute Gasteiger partial charge is 0.318 e. The zero-order valence-electron chi connectivity index (χ0n) is 10.6. The van der Waals surface area contributed by atoms with Crippen molar-refractivity contribution in [2.45, 2.75) is 39.3 Å². The molecule has 0 saturated heterocycles. The van der Waals surface area contributed by atoms with Crippen LogP contribution in [0.2, 0.25) is 0 Å². The van der Waals surface area contributed by atoms with E-state index in [4.69, 9.17) is 0 Å². The fourth-order valence-corrected chi connectivity index (χ4v) is 2.35. The minimum Gasteiger partial charge on any atom is -0.309 e. The van der Waals surface area contributed by atoms with E-state index >= 15 is 0 Å². The van der Waals surface area contributed by atoms with Crippen LogP contribution in [-0.2, 0) is 19.5 Å². The van der Waals surface area contributed by atoms with Crippen LogP contribution in [-0.4, -0.2) is 29.5 Å². The Kier molecular flexibility index (Phi) is 2.77. The summed E-state index contributed by atoms with van der Waals surface area (Å²) in [4.78, 5) is 10.7. The molecule has 0 unspecified atom stereocenters. The van der Waals surface area contributed by atoms with Crippen molar-refractivity contribution in [1.29, 1.82) is 0 Å². The van der Waals surface area contributed by atoms with Gasteiger partial charge in [-0.25, -0.2) is 0 Å². The number of rotatable bonds is 3. The second kappa shape index (κ2) is 4.45. The standard InChI is InChI=1S/C11H14N6O2/c1-2-15-7-8(17(18)19)10(14-15)11-13-12-9-5-3-4-6-16(9)11/h7H,2-6H2,1H3. The number of hydrogen-bond acceptors (Lipinski definition) is 5. The summed E-state index contributed by atoms with van der Waals surface area (Å²) >= 11 is 0. The zero-order chi connectivity index (χ0) is 13.4. The summed E-state index contributed by atoms with van der Waals surface area (Å²) < 4.78 is 3.50. The number of fused-ring (bicyclic) bond motifs is 1. The topological polar surface area (TPSA) is 91.7 Å². The summed E-state index contributed by atoms with van der Waals surface area (Å²) in [6.45, 7) is 3.27. The number of nitro groups is 1. The molecule has 0 radical (unpaired) electrons. The highest BCUT2D eigenvalue weighted by atomic mass is 16.6. The van der Waals surface area contributed by atoms with Gasteiger partial charge < -0.3 is 4.57 Å². The van der Waals surface area contributed by atoms with Crippen molar-refractivity contribution in [2.24, 2.45) is 0 Å². The number of nitrogens with zero attached hydrogens (tertiary/aromatic N) is 6. The molecule has 1 aliphatic rings. The number of aromatic nitrogens is 5. The first-order valence-electron chi connectivity index (χ1n) is 6.35. The lowest BCUT2D eigenvalue weighted by Gasteiger charge is -2.13. The third kappa shape index (κ3) is 1.88. The van der Waals surface area contributed by atoms with Crippen LogP contribution < -0.4 is 0 Å².